The lowest BCUT2D eigenvalue weighted by atomic mass is 10.0. The monoisotopic (exact) mass is 212 g/mol. The minimum absolute atomic E-state index is 0.134. The van der Waals surface area contributed by atoms with Gasteiger partial charge in [0.25, 0.3) is 0 Å². The quantitative estimate of drug-likeness (QED) is 0.656. The van der Waals surface area contributed by atoms with Crippen LogP contribution in [0.25, 0.3) is 0 Å². The van der Waals surface area contributed by atoms with Crippen molar-refractivity contribution in [3.05, 3.63) is 6.42 Å². The second kappa shape index (κ2) is 4.12. The number of nitrogens with zero attached hydrogens (tertiary/aromatic N) is 1. The standard InChI is InChI=1S/C12H22NO2/c1-11(2,3)15-10(14)12(4,5)13-8-6-7-9-13/h6H,7-9H2,1-5H3. The summed E-state index contributed by atoms with van der Waals surface area (Å²) >= 11 is 0. The van der Waals surface area contributed by atoms with Crippen LogP contribution in [0.2, 0.25) is 0 Å². The van der Waals surface area contributed by atoms with Gasteiger partial charge < -0.3 is 4.74 Å². The molecule has 0 aromatic carbocycles. The predicted octanol–water partition coefficient (Wildman–Crippen LogP) is 2.02. The van der Waals surface area contributed by atoms with Crippen molar-refractivity contribution in [2.45, 2.75) is 52.2 Å². The van der Waals surface area contributed by atoms with Gasteiger partial charge in [0.2, 0.25) is 0 Å². The van der Waals surface area contributed by atoms with Crippen LogP contribution in [0.15, 0.2) is 0 Å². The Morgan fingerprint density at radius 3 is 2.27 bits per heavy atom. The molecule has 15 heavy (non-hydrogen) atoms. The minimum atomic E-state index is -0.514. The van der Waals surface area contributed by atoms with E-state index in [1.165, 1.54) is 0 Å². The Morgan fingerprint density at radius 2 is 1.87 bits per heavy atom. The van der Waals surface area contributed by atoms with Crippen molar-refractivity contribution in [2.24, 2.45) is 0 Å². The number of likely N-dealkylation sites (tertiary alicyclic amines) is 1. The van der Waals surface area contributed by atoms with Crippen LogP contribution in [0.3, 0.4) is 0 Å². The van der Waals surface area contributed by atoms with E-state index in [2.05, 4.69) is 11.3 Å². The summed E-state index contributed by atoms with van der Waals surface area (Å²) in [6.07, 6.45) is 3.26. The van der Waals surface area contributed by atoms with Crippen LogP contribution >= 0.6 is 0 Å². The van der Waals surface area contributed by atoms with E-state index in [9.17, 15) is 4.79 Å². The summed E-state index contributed by atoms with van der Waals surface area (Å²) in [4.78, 5) is 14.1. The van der Waals surface area contributed by atoms with Crippen molar-refractivity contribution in [1.29, 1.82) is 0 Å². The largest absolute Gasteiger partial charge is 0.459 e. The molecule has 0 unspecified atom stereocenters. The van der Waals surface area contributed by atoms with Crippen molar-refractivity contribution >= 4 is 5.97 Å². The molecule has 3 heteroatoms. The molecule has 1 rings (SSSR count). The highest BCUT2D eigenvalue weighted by Gasteiger charge is 2.39. The topological polar surface area (TPSA) is 29.5 Å². The van der Waals surface area contributed by atoms with Gasteiger partial charge in [-0.25, -0.2) is 0 Å². The third-order valence-electron chi connectivity index (χ3n) is 2.64. The van der Waals surface area contributed by atoms with Crippen molar-refractivity contribution in [3.8, 4) is 0 Å². The van der Waals surface area contributed by atoms with Gasteiger partial charge >= 0.3 is 5.97 Å². The van der Waals surface area contributed by atoms with Gasteiger partial charge in [-0.2, -0.15) is 0 Å². The third kappa shape index (κ3) is 3.20. The molecule has 0 amide bonds. The van der Waals surface area contributed by atoms with Crippen LogP contribution in [-0.2, 0) is 9.53 Å². The van der Waals surface area contributed by atoms with Crippen molar-refractivity contribution in [2.75, 3.05) is 13.1 Å². The van der Waals surface area contributed by atoms with Crippen LogP contribution in [0, 0.1) is 6.42 Å². The fourth-order valence-electron chi connectivity index (χ4n) is 1.63. The highest BCUT2D eigenvalue weighted by atomic mass is 16.6. The summed E-state index contributed by atoms with van der Waals surface area (Å²) in [5.41, 5.74) is -0.919. The molecule has 1 radical (unpaired) electrons. The minimum Gasteiger partial charge on any atom is -0.459 e. The summed E-state index contributed by atoms with van der Waals surface area (Å²) in [5, 5.41) is 0. The maximum Gasteiger partial charge on any atom is 0.326 e. The third-order valence-corrected chi connectivity index (χ3v) is 2.64. The Balaban J connectivity index is 2.63. The van der Waals surface area contributed by atoms with Gasteiger partial charge in [-0.1, -0.05) is 0 Å². The van der Waals surface area contributed by atoms with Gasteiger partial charge in [-0.05, 0) is 54.0 Å². The molecule has 0 bridgehead atoms. The first-order valence-electron chi connectivity index (χ1n) is 5.53. The highest BCUT2D eigenvalue weighted by Crippen LogP contribution is 2.23. The number of hydrogen-bond acceptors (Lipinski definition) is 3. The Morgan fingerprint density at radius 1 is 1.27 bits per heavy atom. The zero-order valence-corrected chi connectivity index (χ0v) is 10.5. The predicted molar refractivity (Wildman–Crippen MR) is 60.4 cm³/mol. The van der Waals surface area contributed by atoms with E-state index in [1.807, 2.05) is 34.6 Å². The molecule has 1 heterocycles. The molecule has 0 aromatic heterocycles. The molecule has 87 valence electrons. The molecule has 0 N–H and O–H groups in total. The second-order valence-corrected chi connectivity index (χ2v) is 5.58. The zero-order chi connectivity index (χ0) is 11.7. The molecule has 0 aliphatic carbocycles. The van der Waals surface area contributed by atoms with Gasteiger partial charge in [0.1, 0.15) is 11.1 Å². The Bertz CT molecular complexity index is 234. The van der Waals surface area contributed by atoms with E-state index < -0.39 is 11.1 Å². The zero-order valence-electron chi connectivity index (χ0n) is 10.5. The Labute approximate surface area is 92.8 Å². The van der Waals surface area contributed by atoms with Crippen LogP contribution in [0.5, 0.6) is 0 Å². The molecule has 0 saturated carbocycles. The average Bonchev–Trinajstić information content (AvgIpc) is 2.52. The maximum atomic E-state index is 12.0. The van der Waals surface area contributed by atoms with Gasteiger partial charge in [0.15, 0.2) is 0 Å². The Kier molecular flexibility index (Phi) is 3.44. The fraction of sp³-hybridized carbons (Fsp3) is 0.833. The van der Waals surface area contributed by atoms with Gasteiger partial charge in [-0.3, -0.25) is 9.69 Å². The first-order valence-corrected chi connectivity index (χ1v) is 5.53. The van der Waals surface area contributed by atoms with E-state index >= 15 is 0 Å². The number of carbonyl (C=O) groups is 1. The molecule has 1 aliphatic heterocycles. The molecular weight excluding hydrogens is 190 g/mol. The summed E-state index contributed by atoms with van der Waals surface area (Å²) < 4.78 is 5.42. The van der Waals surface area contributed by atoms with E-state index in [0.717, 1.165) is 19.5 Å². The molecule has 1 saturated heterocycles. The van der Waals surface area contributed by atoms with Crippen LogP contribution in [0.4, 0.5) is 0 Å². The van der Waals surface area contributed by atoms with Gasteiger partial charge in [0, 0.05) is 6.54 Å². The van der Waals surface area contributed by atoms with E-state index in [1.54, 1.807) is 0 Å². The lowest BCUT2D eigenvalue weighted by molar-refractivity contribution is -0.167. The maximum absolute atomic E-state index is 12.0. The van der Waals surface area contributed by atoms with E-state index in [4.69, 9.17) is 4.74 Å². The lowest BCUT2D eigenvalue weighted by Crippen LogP contribution is -2.51. The first-order chi connectivity index (χ1) is 6.73. The van der Waals surface area contributed by atoms with Gasteiger partial charge in [-0.15, -0.1) is 0 Å². The summed E-state index contributed by atoms with van der Waals surface area (Å²) in [7, 11) is 0. The van der Waals surface area contributed by atoms with Crippen molar-refractivity contribution in [1.82, 2.24) is 4.90 Å². The SMILES string of the molecule is CC(C)(C)OC(=O)C(C)(C)N1C[CH]CC1. The molecule has 0 aromatic rings. The number of esters is 1. The first kappa shape index (κ1) is 12.5. The molecule has 3 nitrogen and oxygen atoms in total. The van der Waals surface area contributed by atoms with Crippen molar-refractivity contribution < 1.29 is 9.53 Å². The molecule has 0 spiro atoms. The van der Waals surface area contributed by atoms with E-state index in [0.29, 0.717) is 0 Å². The van der Waals surface area contributed by atoms with Crippen LogP contribution < -0.4 is 0 Å². The van der Waals surface area contributed by atoms with Crippen LogP contribution in [-0.4, -0.2) is 35.1 Å². The Hall–Kier alpha value is -0.570. The van der Waals surface area contributed by atoms with Crippen LogP contribution in [0.1, 0.15) is 41.0 Å². The summed E-state index contributed by atoms with van der Waals surface area (Å²) in [6, 6.07) is 0. The number of rotatable bonds is 2. The average molecular weight is 212 g/mol. The summed E-state index contributed by atoms with van der Waals surface area (Å²) in [5.74, 6) is -0.134. The number of ether oxygens (including phenoxy) is 1. The normalized spacial score (nSPS) is 19.3. The molecular formula is C12H22NO2. The number of hydrogen-bond donors (Lipinski definition) is 0. The van der Waals surface area contributed by atoms with E-state index in [-0.39, 0.29) is 5.97 Å². The smallest absolute Gasteiger partial charge is 0.326 e. The number of carbonyl (C=O) groups excluding carboxylic acids is 1. The highest BCUT2D eigenvalue weighted by molar-refractivity contribution is 5.80. The van der Waals surface area contributed by atoms with Crippen molar-refractivity contribution in [3.63, 3.8) is 0 Å². The lowest BCUT2D eigenvalue weighted by Gasteiger charge is -2.35. The molecule has 0 atom stereocenters. The molecule has 1 aliphatic rings. The molecule has 1 fully saturated rings. The summed E-state index contributed by atoms with van der Waals surface area (Å²) in [6.45, 7) is 11.4. The fourth-order valence-corrected chi connectivity index (χ4v) is 1.63. The van der Waals surface area contributed by atoms with Gasteiger partial charge in [0.05, 0.1) is 0 Å². The second-order valence-electron chi connectivity index (χ2n) is 5.58.